The number of thiol groups is 1. The Kier molecular flexibility index (Phi) is 4.04. The van der Waals surface area contributed by atoms with Gasteiger partial charge >= 0.3 is 0 Å². The summed E-state index contributed by atoms with van der Waals surface area (Å²) in [7, 11) is 0. The van der Waals surface area contributed by atoms with Crippen LogP contribution in [0.4, 0.5) is 4.39 Å². The van der Waals surface area contributed by atoms with Gasteiger partial charge < -0.3 is 5.32 Å². The van der Waals surface area contributed by atoms with Crippen LogP contribution >= 0.6 is 24.0 Å². The maximum Gasteiger partial charge on any atom is 0.261 e. The average molecular weight is 281 g/mol. The number of nitrogens with one attached hydrogen (secondary N) is 1. The Hall–Kier alpha value is -1.33. The second kappa shape index (κ2) is 5.54. The lowest BCUT2D eigenvalue weighted by molar-refractivity contribution is 0.0944. The van der Waals surface area contributed by atoms with Crippen molar-refractivity contribution in [3.63, 3.8) is 0 Å². The maximum atomic E-state index is 12.8. The Morgan fingerprint density at radius 3 is 2.61 bits per heavy atom. The van der Waals surface area contributed by atoms with Gasteiger partial charge in [0.15, 0.2) is 0 Å². The van der Waals surface area contributed by atoms with Crippen LogP contribution < -0.4 is 5.32 Å². The van der Waals surface area contributed by atoms with Crippen LogP contribution in [0.2, 0.25) is 0 Å². The monoisotopic (exact) mass is 281 g/mol. The van der Waals surface area contributed by atoms with Crippen molar-refractivity contribution in [2.24, 2.45) is 0 Å². The van der Waals surface area contributed by atoms with Crippen LogP contribution in [0.15, 0.2) is 40.6 Å². The van der Waals surface area contributed by atoms with Gasteiger partial charge in [-0.25, -0.2) is 4.39 Å². The first-order valence-electron chi connectivity index (χ1n) is 5.40. The smallest absolute Gasteiger partial charge is 0.261 e. The van der Waals surface area contributed by atoms with Crippen LogP contribution in [0, 0.1) is 5.82 Å². The van der Waals surface area contributed by atoms with Gasteiger partial charge in [0, 0.05) is 10.3 Å². The Labute approximate surface area is 114 Å². The van der Waals surface area contributed by atoms with Gasteiger partial charge in [-0.3, -0.25) is 4.79 Å². The molecule has 2 aromatic rings. The number of carbonyl (C=O) groups excluding carboxylic acids is 1. The van der Waals surface area contributed by atoms with Gasteiger partial charge in [-0.2, -0.15) is 0 Å². The summed E-state index contributed by atoms with van der Waals surface area (Å²) in [4.78, 5) is 13.3. The lowest BCUT2D eigenvalue weighted by Gasteiger charge is -2.13. The first kappa shape index (κ1) is 13.1. The van der Waals surface area contributed by atoms with Crippen molar-refractivity contribution in [2.45, 2.75) is 17.9 Å². The Morgan fingerprint density at radius 2 is 2.06 bits per heavy atom. The van der Waals surface area contributed by atoms with E-state index in [-0.39, 0.29) is 17.8 Å². The van der Waals surface area contributed by atoms with Crippen molar-refractivity contribution in [1.29, 1.82) is 0 Å². The maximum absolute atomic E-state index is 12.8. The van der Waals surface area contributed by atoms with Crippen LogP contribution in [-0.2, 0) is 0 Å². The van der Waals surface area contributed by atoms with Crippen LogP contribution in [0.1, 0.15) is 28.2 Å². The Bertz CT molecular complexity index is 550. The molecule has 18 heavy (non-hydrogen) atoms. The molecule has 0 aliphatic heterocycles. The van der Waals surface area contributed by atoms with Gasteiger partial charge in [-0.05, 0) is 30.7 Å². The zero-order valence-electron chi connectivity index (χ0n) is 9.68. The molecule has 0 bridgehead atoms. The predicted molar refractivity (Wildman–Crippen MR) is 73.9 cm³/mol. The lowest BCUT2D eigenvalue weighted by Crippen LogP contribution is -2.25. The minimum Gasteiger partial charge on any atom is -0.345 e. The summed E-state index contributed by atoms with van der Waals surface area (Å²) in [5, 5.41) is 4.67. The third-order valence-electron chi connectivity index (χ3n) is 2.53. The summed E-state index contributed by atoms with van der Waals surface area (Å²) in [6.45, 7) is 1.86. The molecule has 2 rings (SSSR count). The molecule has 0 radical (unpaired) electrons. The first-order chi connectivity index (χ1) is 8.56. The van der Waals surface area contributed by atoms with Crippen molar-refractivity contribution < 1.29 is 9.18 Å². The van der Waals surface area contributed by atoms with Crippen molar-refractivity contribution in [1.82, 2.24) is 5.32 Å². The molecule has 1 N–H and O–H groups in total. The molecule has 0 aliphatic rings. The van der Waals surface area contributed by atoms with Crippen molar-refractivity contribution in [3.05, 3.63) is 52.0 Å². The SMILES string of the molecule is CC(NC(=O)c1cc(S)cs1)c1ccc(F)cc1. The highest BCUT2D eigenvalue weighted by atomic mass is 32.1. The number of halogens is 1. The van der Waals surface area contributed by atoms with E-state index in [1.54, 1.807) is 23.6 Å². The van der Waals surface area contributed by atoms with E-state index in [1.165, 1.54) is 23.5 Å². The Balaban J connectivity index is 2.05. The normalized spacial score (nSPS) is 12.2. The molecular formula is C13H12FNOS2. The molecule has 0 aliphatic carbocycles. The van der Waals surface area contributed by atoms with Crippen molar-refractivity contribution in [3.8, 4) is 0 Å². The number of benzene rings is 1. The van der Waals surface area contributed by atoms with Gasteiger partial charge in [0.05, 0.1) is 10.9 Å². The zero-order chi connectivity index (χ0) is 13.1. The molecule has 0 spiro atoms. The van der Waals surface area contributed by atoms with E-state index in [4.69, 9.17) is 0 Å². The van der Waals surface area contributed by atoms with Gasteiger partial charge in [0.2, 0.25) is 0 Å². The molecule has 5 heteroatoms. The topological polar surface area (TPSA) is 29.1 Å². The zero-order valence-corrected chi connectivity index (χ0v) is 11.4. The molecule has 1 aromatic carbocycles. The lowest BCUT2D eigenvalue weighted by atomic mass is 10.1. The summed E-state index contributed by atoms with van der Waals surface area (Å²) in [6, 6.07) is 7.66. The highest BCUT2D eigenvalue weighted by Gasteiger charge is 2.12. The second-order valence-corrected chi connectivity index (χ2v) is 5.34. The van der Waals surface area contributed by atoms with Crippen LogP contribution in [0.5, 0.6) is 0 Å². The number of hydrogen-bond donors (Lipinski definition) is 2. The molecule has 1 atom stereocenters. The third-order valence-corrected chi connectivity index (χ3v) is 3.89. The van der Waals surface area contributed by atoms with Gasteiger partial charge in [0.1, 0.15) is 5.82 Å². The van der Waals surface area contributed by atoms with Gasteiger partial charge in [-0.15, -0.1) is 24.0 Å². The summed E-state index contributed by atoms with van der Waals surface area (Å²) in [6.07, 6.45) is 0. The van der Waals surface area contributed by atoms with E-state index in [2.05, 4.69) is 17.9 Å². The van der Waals surface area contributed by atoms with E-state index >= 15 is 0 Å². The minimum atomic E-state index is -0.282. The predicted octanol–water partition coefficient (Wildman–Crippen LogP) is 3.67. The molecule has 0 fully saturated rings. The molecule has 0 saturated heterocycles. The molecule has 1 aromatic heterocycles. The summed E-state index contributed by atoms with van der Waals surface area (Å²) in [5.74, 6) is -0.424. The summed E-state index contributed by atoms with van der Waals surface area (Å²) >= 11 is 5.51. The van der Waals surface area contributed by atoms with E-state index in [1.807, 2.05) is 6.92 Å². The van der Waals surface area contributed by atoms with Gasteiger partial charge in [-0.1, -0.05) is 12.1 Å². The third kappa shape index (κ3) is 3.11. The molecule has 1 amide bonds. The highest BCUT2D eigenvalue weighted by Crippen LogP contribution is 2.19. The fourth-order valence-electron chi connectivity index (χ4n) is 1.55. The quantitative estimate of drug-likeness (QED) is 0.826. The average Bonchev–Trinajstić information content (AvgIpc) is 2.76. The molecular weight excluding hydrogens is 269 g/mol. The molecule has 94 valence electrons. The number of carbonyl (C=O) groups is 1. The summed E-state index contributed by atoms with van der Waals surface area (Å²) in [5.41, 5.74) is 0.868. The standard InChI is InChI=1S/C13H12FNOS2/c1-8(9-2-4-10(14)5-3-9)15-13(16)12-6-11(17)7-18-12/h2-8,17H,1H3,(H,15,16). The fraction of sp³-hybridized carbons (Fsp3) is 0.154. The van der Waals surface area contributed by atoms with E-state index in [9.17, 15) is 9.18 Å². The molecule has 1 unspecified atom stereocenters. The minimum absolute atomic E-state index is 0.142. The Morgan fingerprint density at radius 1 is 1.39 bits per heavy atom. The van der Waals surface area contributed by atoms with Crippen LogP contribution in [-0.4, -0.2) is 5.91 Å². The van der Waals surface area contributed by atoms with Crippen LogP contribution in [0.3, 0.4) is 0 Å². The molecule has 0 saturated carbocycles. The molecule has 2 nitrogen and oxygen atoms in total. The highest BCUT2D eigenvalue weighted by molar-refractivity contribution is 7.80. The van der Waals surface area contributed by atoms with Crippen LogP contribution in [0.25, 0.3) is 0 Å². The number of thiophene rings is 1. The van der Waals surface area contributed by atoms with E-state index in [0.717, 1.165) is 10.5 Å². The summed E-state index contributed by atoms with van der Waals surface area (Å²) < 4.78 is 12.8. The van der Waals surface area contributed by atoms with Gasteiger partial charge in [0.25, 0.3) is 5.91 Å². The second-order valence-electron chi connectivity index (χ2n) is 3.92. The van der Waals surface area contributed by atoms with E-state index < -0.39 is 0 Å². The van der Waals surface area contributed by atoms with Crippen molar-refractivity contribution in [2.75, 3.05) is 0 Å². The first-order valence-corrected chi connectivity index (χ1v) is 6.73. The fourth-order valence-corrected chi connectivity index (χ4v) is 2.60. The molecule has 1 heterocycles. The largest absolute Gasteiger partial charge is 0.345 e. The number of rotatable bonds is 3. The van der Waals surface area contributed by atoms with E-state index in [0.29, 0.717) is 4.88 Å². The number of amides is 1. The number of hydrogen-bond acceptors (Lipinski definition) is 3. The van der Waals surface area contributed by atoms with Crippen molar-refractivity contribution >= 4 is 29.9 Å².